The van der Waals surface area contributed by atoms with Gasteiger partial charge < -0.3 is 9.80 Å². The van der Waals surface area contributed by atoms with Gasteiger partial charge in [-0.2, -0.15) is 0 Å². The lowest BCUT2D eigenvalue weighted by Crippen LogP contribution is -2.48. The van der Waals surface area contributed by atoms with Gasteiger partial charge in [-0.25, -0.2) is 13.6 Å². The summed E-state index contributed by atoms with van der Waals surface area (Å²) in [5.41, 5.74) is 1.89. The highest BCUT2D eigenvalue weighted by atomic mass is 32.2. The molecule has 0 spiro atoms. The summed E-state index contributed by atoms with van der Waals surface area (Å²) in [7, 11) is -3.70. The Morgan fingerprint density at radius 3 is 2.76 bits per heavy atom. The van der Waals surface area contributed by atoms with Gasteiger partial charge in [-0.3, -0.25) is 4.79 Å². The Balaban J connectivity index is 1.79. The lowest BCUT2D eigenvalue weighted by atomic mass is 10.00. The van der Waals surface area contributed by atoms with Crippen LogP contribution in [0.1, 0.15) is 45.1 Å². The SMILES string of the molecule is CC[C@H]1CCCCN1C(=O)CN1c2ccc(S(N)(=O)=O)cc2C[C@@H]1C. The van der Waals surface area contributed by atoms with Crippen LogP contribution in [0.15, 0.2) is 23.1 Å². The molecule has 0 radical (unpaired) electrons. The van der Waals surface area contributed by atoms with Gasteiger partial charge in [-0.1, -0.05) is 6.92 Å². The number of nitrogens with zero attached hydrogens (tertiary/aromatic N) is 2. The number of likely N-dealkylation sites (tertiary alicyclic amines) is 1. The standard InChI is InChI=1S/C18H27N3O3S/c1-3-15-6-4-5-9-20(15)18(22)12-21-13(2)10-14-11-16(25(19,23)24)7-8-17(14)21/h7-8,11,13,15H,3-6,9-10,12H2,1-2H3,(H2,19,23,24)/t13-,15-/m0/s1. The second-order valence-corrected chi connectivity index (χ2v) is 8.72. The van der Waals surface area contributed by atoms with Crippen LogP contribution in [-0.4, -0.2) is 44.4 Å². The van der Waals surface area contributed by atoms with Crippen molar-refractivity contribution in [2.75, 3.05) is 18.0 Å². The number of fused-ring (bicyclic) bond motifs is 1. The monoisotopic (exact) mass is 365 g/mol. The molecule has 0 unspecified atom stereocenters. The van der Waals surface area contributed by atoms with Gasteiger partial charge in [0.2, 0.25) is 15.9 Å². The second-order valence-electron chi connectivity index (χ2n) is 7.16. The van der Waals surface area contributed by atoms with Crippen LogP contribution in [0.5, 0.6) is 0 Å². The Bertz CT molecular complexity index is 763. The molecule has 0 saturated carbocycles. The topological polar surface area (TPSA) is 83.7 Å². The third-order valence-electron chi connectivity index (χ3n) is 5.46. The maximum absolute atomic E-state index is 12.9. The fourth-order valence-corrected chi connectivity index (χ4v) is 4.64. The molecule has 1 amide bonds. The number of carbonyl (C=O) groups excluding carboxylic acids is 1. The smallest absolute Gasteiger partial charge is 0.242 e. The van der Waals surface area contributed by atoms with Crippen molar-refractivity contribution in [3.05, 3.63) is 23.8 Å². The first-order valence-electron chi connectivity index (χ1n) is 9.03. The molecule has 0 aromatic heterocycles. The van der Waals surface area contributed by atoms with Crippen LogP contribution >= 0.6 is 0 Å². The highest BCUT2D eigenvalue weighted by Gasteiger charge is 2.32. The summed E-state index contributed by atoms with van der Waals surface area (Å²) in [5.74, 6) is 0.168. The number of carbonyl (C=O) groups is 1. The summed E-state index contributed by atoms with van der Waals surface area (Å²) in [6, 6.07) is 5.46. The molecule has 138 valence electrons. The number of piperidine rings is 1. The van der Waals surface area contributed by atoms with Crippen molar-refractivity contribution in [1.29, 1.82) is 0 Å². The molecule has 2 atom stereocenters. The fourth-order valence-electron chi connectivity index (χ4n) is 4.08. The summed E-state index contributed by atoms with van der Waals surface area (Å²) in [6.07, 6.45) is 5.08. The van der Waals surface area contributed by atoms with E-state index in [1.807, 2.05) is 4.90 Å². The molecular formula is C18H27N3O3S. The molecule has 2 heterocycles. The van der Waals surface area contributed by atoms with Crippen LogP contribution in [0.3, 0.4) is 0 Å². The van der Waals surface area contributed by atoms with Crippen molar-refractivity contribution in [1.82, 2.24) is 4.90 Å². The highest BCUT2D eigenvalue weighted by molar-refractivity contribution is 7.89. The van der Waals surface area contributed by atoms with Crippen LogP contribution in [0, 0.1) is 0 Å². The molecule has 2 aliphatic heterocycles. The number of benzene rings is 1. The molecule has 1 saturated heterocycles. The Morgan fingerprint density at radius 1 is 1.32 bits per heavy atom. The van der Waals surface area contributed by atoms with E-state index in [9.17, 15) is 13.2 Å². The molecule has 0 aliphatic carbocycles. The van der Waals surface area contributed by atoms with Crippen LogP contribution in [0.25, 0.3) is 0 Å². The molecule has 1 aromatic rings. The minimum atomic E-state index is -3.70. The van der Waals surface area contributed by atoms with E-state index in [1.54, 1.807) is 12.1 Å². The fraction of sp³-hybridized carbons (Fsp3) is 0.611. The average Bonchev–Trinajstić information content (AvgIpc) is 2.89. The average molecular weight is 365 g/mol. The first kappa shape index (κ1) is 18.2. The van der Waals surface area contributed by atoms with E-state index >= 15 is 0 Å². The Hall–Kier alpha value is -1.60. The molecule has 3 rings (SSSR count). The number of rotatable bonds is 4. The molecule has 0 bridgehead atoms. The van der Waals surface area contributed by atoms with Gasteiger partial charge in [0.25, 0.3) is 0 Å². The number of hydrogen-bond acceptors (Lipinski definition) is 4. The van der Waals surface area contributed by atoms with E-state index in [0.29, 0.717) is 12.6 Å². The van der Waals surface area contributed by atoms with Crippen molar-refractivity contribution < 1.29 is 13.2 Å². The van der Waals surface area contributed by atoms with Crippen LogP contribution in [0.4, 0.5) is 5.69 Å². The zero-order valence-corrected chi connectivity index (χ0v) is 15.8. The van der Waals surface area contributed by atoms with Crippen LogP contribution in [-0.2, 0) is 21.2 Å². The van der Waals surface area contributed by atoms with Crippen molar-refractivity contribution in [3.63, 3.8) is 0 Å². The lowest BCUT2D eigenvalue weighted by Gasteiger charge is -2.37. The zero-order chi connectivity index (χ0) is 18.2. The quantitative estimate of drug-likeness (QED) is 0.883. The first-order valence-corrected chi connectivity index (χ1v) is 10.6. The van der Waals surface area contributed by atoms with Gasteiger partial charge in [0, 0.05) is 24.3 Å². The number of sulfonamides is 1. The maximum atomic E-state index is 12.9. The molecule has 1 aromatic carbocycles. The van der Waals surface area contributed by atoms with Crippen molar-refractivity contribution in [2.24, 2.45) is 5.14 Å². The second kappa shape index (κ2) is 6.96. The summed E-state index contributed by atoms with van der Waals surface area (Å²) in [4.78, 5) is 17.1. The largest absolute Gasteiger partial charge is 0.359 e. The number of primary sulfonamides is 1. The van der Waals surface area contributed by atoms with Crippen molar-refractivity contribution in [3.8, 4) is 0 Å². The molecule has 25 heavy (non-hydrogen) atoms. The van der Waals surface area contributed by atoms with Gasteiger partial charge in [-0.05, 0) is 62.8 Å². The van der Waals surface area contributed by atoms with Gasteiger partial charge in [0.05, 0.1) is 11.4 Å². The number of anilines is 1. The first-order chi connectivity index (χ1) is 11.8. The van der Waals surface area contributed by atoms with E-state index in [-0.39, 0.29) is 16.8 Å². The summed E-state index contributed by atoms with van der Waals surface area (Å²) < 4.78 is 23.1. The van der Waals surface area contributed by atoms with Crippen molar-refractivity contribution in [2.45, 2.75) is 62.9 Å². The maximum Gasteiger partial charge on any atom is 0.242 e. The minimum absolute atomic E-state index is 0.133. The van der Waals surface area contributed by atoms with E-state index < -0.39 is 10.0 Å². The Kier molecular flexibility index (Phi) is 5.06. The van der Waals surface area contributed by atoms with E-state index in [2.05, 4.69) is 18.7 Å². The van der Waals surface area contributed by atoms with E-state index in [0.717, 1.165) is 43.5 Å². The Morgan fingerprint density at radius 2 is 2.08 bits per heavy atom. The van der Waals surface area contributed by atoms with Crippen LogP contribution in [0.2, 0.25) is 0 Å². The van der Waals surface area contributed by atoms with Gasteiger partial charge in [0.15, 0.2) is 0 Å². The normalized spacial score (nSPS) is 23.6. The number of hydrogen-bond donors (Lipinski definition) is 1. The van der Waals surface area contributed by atoms with Gasteiger partial charge in [0.1, 0.15) is 0 Å². The molecule has 7 heteroatoms. The third kappa shape index (κ3) is 3.67. The molecule has 2 aliphatic rings. The van der Waals surface area contributed by atoms with E-state index in [4.69, 9.17) is 5.14 Å². The number of nitrogens with two attached hydrogens (primary N) is 1. The van der Waals surface area contributed by atoms with E-state index in [1.165, 1.54) is 12.5 Å². The van der Waals surface area contributed by atoms with Gasteiger partial charge >= 0.3 is 0 Å². The summed E-state index contributed by atoms with van der Waals surface area (Å²) >= 11 is 0. The summed E-state index contributed by atoms with van der Waals surface area (Å²) in [6.45, 7) is 5.40. The highest BCUT2D eigenvalue weighted by Crippen LogP contribution is 2.34. The zero-order valence-electron chi connectivity index (χ0n) is 14.9. The molecule has 6 nitrogen and oxygen atoms in total. The molecular weight excluding hydrogens is 338 g/mol. The molecule has 2 N–H and O–H groups in total. The minimum Gasteiger partial charge on any atom is -0.359 e. The molecule has 1 fully saturated rings. The van der Waals surface area contributed by atoms with Crippen molar-refractivity contribution >= 4 is 21.6 Å². The van der Waals surface area contributed by atoms with Crippen LogP contribution < -0.4 is 10.0 Å². The summed E-state index contributed by atoms with van der Waals surface area (Å²) in [5, 5.41) is 5.23. The predicted molar refractivity (Wildman–Crippen MR) is 98.0 cm³/mol. The number of amides is 1. The third-order valence-corrected chi connectivity index (χ3v) is 6.37. The Labute approximate surface area is 150 Å². The lowest BCUT2D eigenvalue weighted by molar-refractivity contribution is -0.133. The van der Waals surface area contributed by atoms with Gasteiger partial charge in [-0.15, -0.1) is 0 Å². The predicted octanol–water partition coefficient (Wildman–Crippen LogP) is 1.88.